The van der Waals surface area contributed by atoms with Gasteiger partial charge in [-0.2, -0.15) is 5.10 Å². The van der Waals surface area contributed by atoms with E-state index in [9.17, 15) is 14.7 Å². The lowest BCUT2D eigenvalue weighted by molar-refractivity contribution is 0.0462. The molecule has 0 saturated carbocycles. The molecule has 9 heteroatoms. The zero-order valence-corrected chi connectivity index (χ0v) is 23.7. The summed E-state index contributed by atoms with van der Waals surface area (Å²) in [5, 5.41) is 18.5. The normalized spacial score (nSPS) is 14.9. The highest BCUT2D eigenvalue weighted by Gasteiger charge is 2.31. The fourth-order valence-corrected chi connectivity index (χ4v) is 5.51. The van der Waals surface area contributed by atoms with Gasteiger partial charge in [-0.3, -0.25) is 9.48 Å². The molecule has 42 heavy (non-hydrogen) atoms. The number of aromatic nitrogens is 3. The number of carbonyl (C=O) groups excluding carboxylic acids is 2. The van der Waals surface area contributed by atoms with Crippen molar-refractivity contribution in [3.8, 4) is 5.75 Å². The van der Waals surface area contributed by atoms with Gasteiger partial charge in [-0.1, -0.05) is 60.7 Å². The second-order valence-corrected chi connectivity index (χ2v) is 10.8. The number of amides is 1. The number of fused-ring (bicyclic) bond motifs is 2. The van der Waals surface area contributed by atoms with Gasteiger partial charge in [0.05, 0.1) is 17.3 Å². The molecule has 1 atom stereocenters. The molecular weight excluding hydrogens is 530 g/mol. The van der Waals surface area contributed by atoms with E-state index in [-0.39, 0.29) is 18.3 Å². The van der Waals surface area contributed by atoms with E-state index in [2.05, 4.69) is 27.4 Å². The van der Waals surface area contributed by atoms with Gasteiger partial charge in [-0.25, -0.2) is 4.79 Å². The minimum Gasteiger partial charge on any atom is -0.508 e. The number of hydrogen-bond acceptors (Lipinski definition) is 6. The number of nitrogens with zero attached hydrogens (tertiary/aromatic N) is 4. The van der Waals surface area contributed by atoms with Crippen molar-refractivity contribution in [2.45, 2.75) is 32.5 Å². The molecule has 0 radical (unpaired) electrons. The Morgan fingerprint density at radius 3 is 2.64 bits per heavy atom. The number of rotatable bonds is 8. The minimum absolute atomic E-state index is 0.0111. The Kier molecular flexibility index (Phi) is 7.39. The van der Waals surface area contributed by atoms with Crippen LogP contribution in [0.1, 0.15) is 37.5 Å². The van der Waals surface area contributed by atoms with E-state index in [1.165, 1.54) is 5.56 Å². The molecule has 3 heterocycles. The zero-order chi connectivity index (χ0) is 29.2. The molecule has 0 bridgehead atoms. The summed E-state index contributed by atoms with van der Waals surface area (Å²) in [6, 6.07) is 22.9. The largest absolute Gasteiger partial charge is 0.508 e. The van der Waals surface area contributed by atoms with Gasteiger partial charge in [0.25, 0.3) is 5.91 Å². The summed E-state index contributed by atoms with van der Waals surface area (Å²) in [5.41, 5.74) is 5.43. The molecule has 5 aromatic rings. The van der Waals surface area contributed by atoms with Crippen molar-refractivity contribution in [3.63, 3.8) is 0 Å². The molecule has 2 N–H and O–H groups in total. The number of nitrogens with one attached hydrogen (secondary N) is 1. The van der Waals surface area contributed by atoms with Crippen LogP contribution in [0.3, 0.4) is 0 Å². The highest BCUT2D eigenvalue weighted by atomic mass is 16.5. The molecule has 6 rings (SSSR count). The summed E-state index contributed by atoms with van der Waals surface area (Å²) >= 11 is 0. The summed E-state index contributed by atoms with van der Waals surface area (Å²) in [5.74, 6) is -0.506. The van der Waals surface area contributed by atoms with Gasteiger partial charge in [0.1, 0.15) is 12.4 Å². The average molecular weight is 564 g/mol. The van der Waals surface area contributed by atoms with Gasteiger partial charge in [0, 0.05) is 50.0 Å². The lowest BCUT2D eigenvalue weighted by Gasteiger charge is -2.26. The maximum atomic E-state index is 13.4. The number of hydrogen-bond donors (Lipinski definition) is 2. The van der Waals surface area contributed by atoms with Crippen LogP contribution in [-0.2, 0) is 31.3 Å². The molecule has 0 saturated heterocycles. The molecule has 3 aromatic carbocycles. The van der Waals surface area contributed by atoms with E-state index < -0.39 is 12.0 Å². The Hall–Kier alpha value is -5.05. The highest BCUT2D eigenvalue weighted by Crippen LogP contribution is 2.27. The number of para-hydroxylation sites is 1. The number of anilines is 1. The molecule has 1 aliphatic heterocycles. The first-order valence-corrected chi connectivity index (χ1v) is 14.0. The van der Waals surface area contributed by atoms with Crippen molar-refractivity contribution < 1.29 is 19.4 Å². The van der Waals surface area contributed by atoms with Gasteiger partial charge >= 0.3 is 5.97 Å². The van der Waals surface area contributed by atoms with Gasteiger partial charge < -0.3 is 24.6 Å². The predicted octanol–water partition coefficient (Wildman–Crippen LogP) is 4.61. The Morgan fingerprint density at radius 2 is 1.83 bits per heavy atom. The third-order valence-corrected chi connectivity index (χ3v) is 7.71. The Balaban J connectivity index is 1.23. The van der Waals surface area contributed by atoms with Crippen LogP contribution in [0.25, 0.3) is 10.9 Å². The van der Waals surface area contributed by atoms with Gasteiger partial charge in [0.2, 0.25) is 0 Å². The van der Waals surface area contributed by atoms with Gasteiger partial charge in [0.15, 0.2) is 5.69 Å². The van der Waals surface area contributed by atoms with E-state index in [1.807, 2.05) is 84.0 Å². The molecule has 0 spiro atoms. The number of ether oxygens (including phenoxy) is 1. The highest BCUT2D eigenvalue weighted by molar-refractivity contribution is 6.04. The van der Waals surface area contributed by atoms with Crippen LogP contribution in [0, 0.1) is 6.92 Å². The molecule has 9 nitrogen and oxygen atoms in total. The number of phenols is 1. The van der Waals surface area contributed by atoms with Crippen LogP contribution in [0.4, 0.5) is 5.69 Å². The zero-order valence-electron chi connectivity index (χ0n) is 23.7. The number of phenolic OH excluding ortho intramolecular Hbond substituents is 1. The Labute approximate surface area is 243 Å². The van der Waals surface area contributed by atoms with Crippen molar-refractivity contribution in [2.75, 3.05) is 18.1 Å². The maximum Gasteiger partial charge on any atom is 0.340 e. The smallest absolute Gasteiger partial charge is 0.340 e. The molecule has 214 valence electrons. The number of aromatic hydroxyl groups is 1. The molecule has 0 aliphatic carbocycles. The van der Waals surface area contributed by atoms with E-state index in [4.69, 9.17) is 4.74 Å². The molecular formula is C33H33N5O4. The second kappa shape index (κ2) is 11.4. The third kappa shape index (κ3) is 5.58. The lowest BCUT2D eigenvalue weighted by Crippen LogP contribution is -2.44. The van der Waals surface area contributed by atoms with E-state index in [0.29, 0.717) is 36.6 Å². The topological polar surface area (TPSA) is 102 Å². The third-order valence-electron chi connectivity index (χ3n) is 7.71. The first-order chi connectivity index (χ1) is 20.4. The predicted molar refractivity (Wildman–Crippen MR) is 161 cm³/mol. The van der Waals surface area contributed by atoms with Crippen LogP contribution in [0.15, 0.2) is 85.2 Å². The van der Waals surface area contributed by atoms with Crippen LogP contribution >= 0.6 is 0 Å². The van der Waals surface area contributed by atoms with Crippen molar-refractivity contribution in [1.82, 2.24) is 19.7 Å². The first kappa shape index (κ1) is 27.1. The second-order valence-electron chi connectivity index (χ2n) is 10.8. The fourth-order valence-electron chi connectivity index (χ4n) is 5.51. The average Bonchev–Trinajstić information content (AvgIpc) is 3.55. The van der Waals surface area contributed by atoms with Crippen molar-refractivity contribution >= 4 is 28.5 Å². The summed E-state index contributed by atoms with van der Waals surface area (Å²) in [6.07, 6.45) is 4.47. The van der Waals surface area contributed by atoms with E-state index in [0.717, 1.165) is 28.5 Å². The number of aryl methyl sites for hydroxylation is 4. The Bertz CT molecular complexity index is 1760. The standard InChI is InChI=1S/C33H33N5O4/c1-22-16-24(12-13-30(22)39)17-37-18-25(21-42-33(41)27-19-36(2)28-11-7-6-10-26(27)28)34-32(40)31-29(37)20-38(35-31)15-14-23-8-4-3-5-9-23/h3-13,16,19-20,25,39H,14-15,17-18,21H2,1-2H3,(H,34,40)/t25-/m1/s1. The number of carbonyl (C=O) groups is 2. The monoisotopic (exact) mass is 563 g/mol. The number of esters is 1. The summed E-state index contributed by atoms with van der Waals surface area (Å²) in [6.45, 7) is 3.39. The fraction of sp³-hybridized carbons (Fsp3) is 0.242. The van der Waals surface area contributed by atoms with E-state index in [1.54, 1.807) is 12.3 Å². The summed E-state index contributed by atoms with van der Waals surface area (Å²) < 4.78 is 9.47. The SMILES string of the molecule is Cc1cc(CN2C[C@H](COC(=O)c3cn(C)c4ccccc34)NC(=O)c3nn(CCc4ccccc4)cc32)ccc1O. The summed E-state index contributed by atoms with van der Waals surface area (Å²) in [7, 11) is 1.89. The molecule has 2 aromatic heterocycles. The van der Waals surface area contributed by atoms with Crippen LogP contribution in [-0.4, -0.2) is 50.5 Å². The quantitative estimate of drug-likeness (QED) is 0.268. The minimum atomic E-state index is -0.457. The lowest BCUT2D eigenvalue weighted by atomic mass is 10.1. The molecule has 0 fully saturated rings. The molecule has 1 amide bonds. The summed E-state index contributed by atoms with van der Waals surface area (Å²) in [4.78, 5) is 28.6. The number of benzene rings is 3. The molecule has 0 unspecified atom stereocenters. The Morgan fingerprint density at radius 1 is 1.05 bits per heavy atom. The van der Waals surface area contributed by atoms with Crippen LogP contribution in [0.2, 0.25) is 0 Å². The van der Waals surface area contributed by atoms with Crippen LogP contribution in [0.5, 0.6) is 5.75 Å². The molecule has 1 aliphatic rings. The maximum absolute atomic E-state index is 13.4. The van der Waals surface area contributed by atoms with Crippen molar-refractivity contribution in [1.29, 1.82) is 0 Å². The van der Waals surface area contributed by atoms with Gasteiger partial charge in [-0.05, 0) is 42.2 Å². The first-order valence-electron chi connectivity index (χ1n) is 14.0. The van der Waals surface area contributed by atoms with E-state index >= 15 is 0 Å². The van der Waals surface area contributed by atoms with Gasteiger partial charge in [-0.15, -0.1) is 0 Å². The van der Waals surface area contributed by atoms with Crippen molar-refractivity contribution in [2.24, 2.45) is 7.05 Å². The van der Waals surface area contributed by atoms with Crippen molar-refractivity contribution in [3.05, 3.63) is 113 Å². The van der Waals surface area contributed by atoms with Crippen LogP contribution < -0.4 is 10.2 Å².